The lowest BCUT2D eigenvalue weighted by molar-refractivity contribution is -0.0469. The van der Waals surface area contributed by atoms with Crippen molar-refractivity contribution in [2.24, 2.45) is 0 Å². The van der Waals surface area contributed by atoms with E-state index in [0.29, 0.717) is 31.3 Å². The maximum absolute atomic E-state index is 12.6. The summed E-state index contributed by atoms with van der Waals surface area (Å²) in [5, 5.41) is 1.64. The molecule has 1 aromatic heterocycles. The van der Waals surface area contributed by atoms with Crippen LogP contribution in [-0.4, -0.2) is 65.3 Å². The molecule has 2 saturated heterocycles. The Labute approximate surface area is 201 Å². The zero-order valence-corrected chi connectivity index (χ0v) is 21.4. The molecule has 7 nitrogen and oxygen atoms in total. The number of ether oxygens (including phenoxy) is 2. The van der Waals surface area contributed by atoms with Gasteiger partial charge in [-0.3, -0.25) is 0 Å². The smallest absolute Gasteiger partial charge is 0.444 e. The fraction of sp³-hybridized carbons (Fsp3) is 0.625. The topological polar surface area (TPSA) is 62.2 Å². The second kappa shape index (κ2) is 8.49. The van der Waals surface area contributed by atoms with Crippen LogP contribution in [0.2, 0.25) is 5.02 Å². The Hall–Kier alpha value is -1.74. The van der Waals surface area contributed by atoms with E-state index in [2.05, 4.69) is 4.57 Å². The van der Waals surface area contributed by atoms with Crippen molar-refractivity contribution in [1.29, 1.82) is 0 Å². The minimum absolute atomic E-state index is 0.163. The molecule has 4 rings (SSSR count). The van der Waals surface area contributed by atoms with Crippen LogP contribution in [0.1, 0.15) is 48.5 Å². The predicted octanol–water partition coefficient (Wildman–Crippen LogP) is 4.23. The molecule has 2 aromatic rings. The van der Waals surface area contributed by atoms with Gasteiger partial charge in [-0.05, 0) is 66.7 Å². The lowest BCUT2D eigenvalue weighted by atomic mass is 9.78. The normalized spacial score (nSPS) is 22.7. The number of hydrogen-bond acceptors (Lipinski definition) is 5. The van der Waals surface area contributed by atoms with E-state index in [1.165, 1.54) is 0 Å². The van der Waals surface area contributed by atoms with Crippen LogP contribution in [0.4, 0.5) is 4.79 Å². The molecule has 0 radical (unpaired) electrons. The molecule has 0 unspecified atom stereocenters. The predicted molar refractivity (Wildman–Crippen MR) is 130 cm³/mol. The van der Waals surface area contributed by atoms with E-state index in [9.17, 15) is 4.79 Å². The fourth-order valence-electron chi connectivity index (χ4n) is 4.19. The summed E-state index contributed by atoms with van der Waals surface area (Å²) in [6.45, 7) is 15.8. The zero-order chi connectivity index (χ0) is 24.2. The number of amides is 1. The summed E-state index contributed by atoms with van der Waals surface area (Å²) in [6, 6.07) is 5.89. The molecular weight excluding hydrogens is 443 g/mol. The lowest BCUT2D eigenvalue weighted by Crippen LogP contribution is -2.48. The molecule has 2 aliphatic heterocycles. The second-order valence-corrected chi connectivity index (χ2v) is 11.3. The Bertz CT molecular complexity index is 1030. The highest BCUT2D eigenvalue weighted by atomic mass is 35.5. The van der Waals surface area contributed by atoms with E-state index < -0.39 is 23.9 Å². The quantitative estimate of drug-likeness (QED) is 0.620. The molecule has 9 heteroatoms. The molecule has 0 aliphatic carbocycles. The molecule has 0 spiro atoms. The van der Waals surface area contributed by atoms with Crippen molar-refractivity contribution in [3.8, 4) is 0 Å². The molecule has 2 aliphatic rings. The molecule has 1 aromatic carbocycles. The number of nitrogens with zero attached hydrogens (tertiary/aromatic N) is 2. The van der Waals surface area contributed by atoms with Crippen LogP contribution >= 0.6 is 11.6 Å². The van der Waals surface area contributed by atoms with E-state index in [1.807, 2.05) is 72.9 Å². The number of halogens is 1. The maximum atomic E-state index is 12.6. The number of benzene rings is 1. The fourth-order valence-corrected chi connectivity index (χ4v) is 4.42. The molecule has 2 fully saturated rings. The SMILES string of the molecule is CC(C)(C)OC(=O)N1CCO[C@H](Cn2ccc3cc(Cl)cc(B4OC(C)(C)C(C)(C)O4)c32)C1. The van der Waals surface area contributed by atoms with Gasteiger partial charge >= 0.3 is 13.2 Å². The van der Waals surface area contributed by atoms with E-state index in [4.69, 9.17) is 30.4 Å². The highest BCUT2D eigenvalue weighted by molar-refractivity contribution is 6.65. The first-order chi connectivity index (χ1) is 15.3. The Morgan fingerprint density at radius 2 is 1.88 bits per heavy atom. The van der Waals surface area contributed by atoms with Crippen LogP contribution in [0.15, 0.2) is 24.4 Å². The first-order valence-corrected chi connectivity index (χ1v) is 11.9. The molecule has 0 saturated carbocycles. The summed E-state index contributed by atoms with van der Waals surface area (Å²) in [6.07, 6.45) is 1.55. The van der Waals surface area contributed by atoms with Gasteiger partial charge in [0.2, 0.25) is 0 Å². The van der Waals surface area contributed by atoms with Crippen LogP contribution in [0.25, 0.3) is 10.9 Å². The third kappa shape index (κ3) is 5.04. The van der Waals surface area contributed by atoms with Crippen molar-refractivity contribution < 1.29 is 23.6 Å². The van der Waals surface area contributed by atoms with Crippen molar-refractivity contribution in [3.63, 3.8) is 0 Å². The van der Waals surface area contributed by atoms with Gasteiger partial charge in [0.25, 0.3) is 0 Å². The van der Waals surface area contributed by atoms with Crippen molar-refractivity contribution >= 4 is 41.2 Å². The third-order valence-corrected chi connectivity index (χ3v) is 6.77. The summed E-state index contributed by atoms with van der Waals surface area (Å²) >= 11 is 6.45. The first kappa shape index (κ1) is 24.4. The number of hydrogen-bond donors (Lipinski definition) is 0. The zero-order valence-electron chi connectivity index (χ0n) is 20.6. The summed E-state index contributed by atoms with van der Waals surface area (Å²) in [5.41, 5.74) is 0.448. The number of carbonyl (C=O) groups excluding carboxylic acids is 1. The van der Waals surface area contributed by atoms with Crippen LogP contribution in [0.5, 0.6) is 0 Å². The van der Waals surface area contributed by atoms with Crippen LogP contribution in [0.3, 0.4) is 0 Å². The molecule has 3 heterocycles. The number of aromatic nitrogens is 1. The maximum Gasteiger partial charge on any atom is 0.497 e. The van der Waals surface area contributed by atoms with Crippen LogP contribution < -0.4 is 5.46 Å². The Kier molecular flexibility index (Phi) is 6.27. The molecule has 0 bridgehead atoms. The van der Waals surface area contributed by atoms with E-state index in [0.717, 1.165) is 16.4 Å². The minimum Gasteiger partial charge on any atom is -0.444 e. The highest BCUT2D eigenvalue weighted by Crippen LogP contribution is 2.37. The summed E-state index contributed by atoms with van der Waals surface area (Å²) in [5.74, 6) is 0. The Morgan fingerprint density at radius 3 is 2.52 bits per heavy atom. The minimum atomic E-state index is -0.532. The van der Waals surface area contributed by atoms with Gasteiger partial charge in [-0.25, -0.2) is 4.79 Å². The molecular formula is C24H34BClN2O5. The molecule has 0 N–H and O–H groups in total. The van der Waals surface area contributed by atoms with Gasteiger partial charge < -0.3 is 28.2 Å². The number of carbonyl (C=O) groups is 1. The van der Waals surface area contributed by atoms with Crippen molar-refractivity contribution in [2.45, 2.75) is 77.9 Å². The van der Waals surface area contributed by atoms with Gasteiger partial charge in [-0.1, -0.05) is 11.6 Å². The monoisotopic (exact) mass is 476 g/mol. The van der Waals surface area contributed by atoms with E-state index in [-0.39, 0.29) is 12.2 Å². The van der Waals surface area contributed by atoms with Gasteiger partial charge in [0.05, 0.1) is 37.0 Å². The van der Waals surface area contributed by atoms with Gasteiger partial charge in [0.1, 0.15) is 5.60 Å². The highest BCUT2D eigenvalue weighted by Gasteiger charge is 2.52. The van der Waals surface area contributed by atoms with Crippen molar-refractivity contribution in [3.05, 3.63) is 29.4 Å². The summed E-state index contributed by atoms with van der Waals surface area (Å²) < 4.78 is 26.3. The number of fused-ring (bicyclic) bond motifs is 1. The van der Waals surface area contributed by atoms with Gasteiger partial charge in [-0.2, -0.15) is 0 Å². The Morgan fingerprint density at radius 1 is 1.21 bits per heavy atom. The Balaban J connectivity index is 1.59. The molecule has 1 amide bonds. The van der Waals surface area contributed by atoms with E-state index >= 15 is 0 Å². The average molecular weight is 477 g/mol. The lowest BCUT2D eigenvalue weighted by Gasteiger charge is -2.34. The molecule has 180 valence electrons. The second-order valence-electron chi connectivity index (χ2n) is 10.9. The number of rotatable bonds is 3. The molecule has 1 atom stereocenters. The van der Waals surface area contributed by atoms with Gasteiger partial charge in [-0.15, -0.1) is 0 Å². The molecule has 33 heavy (non-hydrogen) atoms. The number of morpholine rings is 1. The summed E-state index contributed by atoms with van der Waals surface area (Å²) in [7, 11) is -0.532. The van der Waals surface area contributed by atoms with E-state index in [1.54, 1.807) is 4.90 Å². The van der Waals surface area contributed by atoms with Gasteiger partial charge in [0.15, 0.2) is 0 Å². The standard InChI is InChI=1S/C24H34BClN2O5/c1-22(2,3)31-21(29)28-10-11-30-18(15-28)14-27-9-8-16-12-17(26)13-19(20(16)27)25-32-23(4,5)24(6,7)33-25/h8-9,12-13,18H,10-11,14-15H2,1-7H3/t18-/m1/s1. The van der Waals surface area contributed by atoms with Crippen LogP contribution in [0, 0.1) is 0 Å². The average Bonchev–Trinajstić information content (AvgIpc) is 3.17. The summed E-state index contributed by atoms with van der Waals surface area (Å²) in [4.78, 5) is 14.3. The van der Waals surface area contributed by atoms with Gasteiger partial charge in [0, 0.05) is 34.1 Å². The van der Waals surface area contributed by atoms with Crippen LogP contribution in [-0.2, 0) is 25.3 Å². The van der Waals surface area contributed by atoms with Crippen molar-refractivity contribution in [1.82, 2.24) is 9.47 Å². The first-order valence-electron chi connectivity index (χ1n) is 11.5. The third-order valence-electron chi connectivity index (χ3n) is 6.55. The van der Waals surface area contributed by atoms with Crippen molar-refractivity contribution in [2.75, 3.05) is 19.7 Å². The largest absolute Gasteiger partial charge is 0.497 e.